The fourth-order valence-corrected chi connectivity index (χ4v) is 2.18. The van der Waals surface area contributed by atoms with Crippen LogP contribution >= 0.6 is 0 Å². The minimum Gasteiger partial charge on any atom is -0.276 e. The smallest absolute Gasteiger partial charge is 0.0652 e. The van der Waals surface area contributed by atoms with Crippen molar-refractivity contribution in [3.63, 3.8) is 0 Å². The fraction of sp³-hybridized carbons (Fsp3) is 0.571. The van der Waals surface area contributed by atoms with Crippen molar-refractivity contribution in [2.24, 2.45) is 23.9 Å². The number of nitrogens with zero attached hydrogens (tertiary/aromatic N) is 3. The summed E-state index contributed by atoms with van der Waals surface area (Å²) in [6.07, 6.45) is 7.47. The third-order valence-electron chi connectivity index (χ3n) is 3.26. The lowest BCUT2D eigenvalue weighted by atomic mass is 9.94. The first-order valence-corrected chi connectivity index (χ1v) is 6.31. The van der Waals surface area contributed by atoms with Crippen molar-refractivity contribution in [2.75, 3.05) is 0 Å². The highest BCUT2D eigenvalue weighted by atomic mass is 15.2. The molecule has 0 saturated carbocycles. The van der Waals surface area contributed by atoms with Crippen LogP contribution in [0, 0.1) is 11.8 Å². The Labute approximate surface area is 103 Å². The van der Waals surface area contributed by atoms with Crippen LogP contribution in [0.4, 0.5) is 0 Å². The highest BCUT2D eigenvalue weighted by Gasteiger charge is 2.18. The predicted molar refractivity (Wildman–Crippen MR) is 71.1 cm³/mol. The summed E-state index contributed by atoms with van der Waals surface area (Å²) in [6.45, 7) is 6.61. The standard InChI is InChI=1S/C14H21N3/c1-10(2)14-8-12(9-15-14)7-11(3)13-5-6-17(4)16-13/h5-6,8-12H,7H2,1-4H3. The monoisotopic (exact) mass is 231 g/mol. The summed E-state index contributed by atoms with van der Waals surface area (Å²) < 4.78 is 1.87. The van der Waals surface area contributed by atoms with E-state index >= 15 is 0 Å². The maximum absolute atomic E-state index is 4.48. The Balaban J connectivity index is 1.97. The highest BCUT2D eigenvalue weighted by Crippen LogP contribution is 2.27. The second-order valence-corrected chi connectivity index (χ2v) is 5.24. The predicted octanol–water partition coefficient (Wildman–Crippen LogP) is 3.15. The van der Waals surface area contributed by atoms with E-state index in [2.05, 4.69) is 49.2 Å². The van der Waals surface area contributed by atoms with Crippen LogP contribution in [0.2, 0.25) is 0 Å². The zero-order valence-electron chi connectivity index (χ0n) is 11.1. The van der Waals surface area contributed by atoms with E-state index < -0.39 is 0 Å². The van der Waals surface area contributed by atoms with Gasteiger partial charge < -0.3 is 0 Å². The van der Waals surface area contributed by atoms with Crippen molar-refractivity contribution in [3.8, 4) is 0 Å². The van der Waals surface area contributed by atoms with Gasteiger partial charge in [0.25, 0.3) is 0 Å². The quantitative estimate of drug-likeness (QED) is 0.783. The van der Waals surface area contributed by atoms with E-state index in [9.17, 15) is 0 Å². The molecule has 17 heavy (non-hydrogen) atoms. The molecule has 0 fully saturated rings. The van der Waals surface area contributed by atoms with Gasteiger partial charge in [0.2, 0.25) is 0 Å². The van der Waals surface area contributed by atoms with E-state index in [1.165, 1.54) is 11.4 Å². The van der Waals surface area contributed by atoms with Gasteiger partial charge in [-0.2, -0.15) is 5.10 Å². The van der Waals surface area contributed by atoms with Crippen molar-refractivity contribution in [1.29, 1.82) is 0 Å². The topological polar surface area (TPSA) is 30.2 Å². The molecule has 1 aliphatic heterocycles. The highest BCUT2D eigenvalue weighted by molar-refractivity contribution is 5.68. The Morgan fingerprint density at radius 2 is 2.12 bits per heavy atom. The molecule has 1 aromatic rings. The summed E-state index contributed by atoms with van der Waals surface area (Å²) in [6, 6.07) is 2.10. The summed E-state index contributed by atoms with van der Waals surface area (Å²) in [4.78, 5) is 4.48. The van der Waals surface area contributed by atoms with Gasteiger partial charge in [-0.25, -0.2) is 0 Å². The lowest BCUT2D eigenvalue weighted by molar-refractivity contribution is 0.605. The molecule has 2 rings (SSSR count). The minimum absolute atomic E-state index is 0.476. The number of hydrogen-bond donors (Lipinski definition) is 0. The Hall–Kier alpha value is -1.38. The number of aromatic nitrogens is 2. The van der Waals surface area contributed by atoms with E-state index in [0.29, 0.717) is 17.8 Å². The van der Waals surface area contributed by atoms with Crippen molar-refractivity contribution >= 4 is 6.21 Å². The molecule has 0 saturated heterocycles. The largest absolute Gasteiger partial charge is 0.276 e. The van der Waals surface area contributed by atoms with Gasteiger partial charge in [-0.3, -0.25) is 9.67 Å². The summed E-state index contributed by atoms with van der Waals surface area (Å²) in [5.41, 5.74) is 2.40. The van der Waals surface area contributed by atoms with Gasteiger partial charge in [-0.15, -0.1) is 0 Å². The van der Waals surface area contributed by atoms with E-state index in [4.69, 9.17) is 0 Å². The second kappa shape index (κ2) is 4.86. The zero-order valence-corrected chi connectivity index (χ0v) is 11.1. The maximum Gasteiger partial charge on any atom is 0.0652 e. The molecule has 0 aromatic carbocycles. The molecule has 1 aromatic heterocycles. The molecular weight excluding hydrogens is 210 g/mol. The van der Waals surface area contributed by atoms with Gasteiger partial charge >= 0.3 is 0 Å². The number of aryl methyl sites for hydroxylation is 1. The Kier molecular flexibility index (Phi) is 3.46. The van der Waals surface area contributed by atoms with E-state index in [-0.39, 0.29) is 0 Å². The van der Waals surface area contributed by atoms with E-state index in [0.717, 1.165) is 6.42 Å². The number of aliphatic imine (C=N–C) groups is 1. The molecule has 3 heteroatoms. The first-order valence-electron chi connectivity index (χ1n) is 6.31. The van der Waals surface area contributed by atoms with E-state index in [1.807, 2.05) is 17.9 Å². The van der Waals surface area contributed by atoms with Crippen molar-refractivity contribution in [2.45, 2.75) is 33.1 Å². The summed E-state index contributed by atoms with van der Waals surface area (Å²) >= 11 is 0. The molecule has 2 atom stereocenters. The van der Waals surface area contributed by atoms with Crippen LogP contribution in [0.5, 0.6) is 0 Å². The molecule has 0 aliphatic carbocycles. The van der Waals surface area contributed by atoms with Crippen molar-refractivity contribution < 1.29 is 0 Å². The first-order chi connectivity index (χ1) is 8.06. The lowest BCUT2D eigenvalue weighted by Gasteiger charge is -2.10. The van der Waals surface area contributed by atoms with Gasteiger partial charge in [0, 0.05) is 37.0 Å². The van der Waals surface area contributed by atoms with Crippen molar-refractivity contribution in [3.05, 3.63) is 29.7 Å². The Morgan fingerprint density at radius 1 is 1.35 bits per heavy atom. The third kappa shape index (κ3) is 2.84. The molecule has 0 amide bonds. The molecule has 0 spiro atoms. The zero-order chi connectivity index (χ0) is 12.4. The molecule has 0 radical (unpaired) electrons. The molecule has 92 valence electrons. The Bertz CT molecular complexity index is 440. The molecule has 0 bridgehead atoms. The van der Waals surface area contributed by atoms with Crippen molar-refractivity contribution in [1.82, 2.24) is 9.78 Å². The molecule has 3 nitrogen and oxygen atoms in total. The van der Waals surface area contributed by atoms with Crippen LogP contribution in [0.3, 0.4) is 0 Å². The number of rotatable bonds is 4. The minimum atomic E-state index is 0.476. The second-order valence-electron chi connectivity index (χ2n) is 5.24. The molecule has 0 N–H and O–H groups in total. The number of hydrogen-bond acceptors (Lipinski definition) is 2. The van der Waals surface area contributed by atoms with Gasteiger partial charge in [-0.1, -0.05) is 26.8 Å². The summed E-state index contributed by atoms with van der Waals surface area (Å²) in [5, 5.41) is 4.46. The molecule has 1 aliphatic rings. The van der Waals surface area contributed by atoms with E-state index in [1.54, 1.807) is 0 Å². The fourth-order valence-electron chi connectivity index (χ4n) is 2.18. The average Bonchev–Trinajstić information content (AvgIpc) is 2.86. The van der Waals surface area contributed by atoms with Gasteiger partial charge in [0.05, 0.1) is 5.69 Å². The van der Waals surface area contributed by atoms with Crippen LogP contribution in [-0.4, -0.2) is 16.0 Å². The number of allylic oxidation sites excluding steroid dienone is 2. The summed E-state index contributed by atoms with van der Waals surface area (Å²) in [5.74, 6) is 1.49. The Morgan fingerprint density at radius 3 is 2.65 bits per heavy atom. The van der Waals surface area contributed by atoms with Crippen LogP contribution < -0.4 is 0 Å². The van der Waals surface area contributed by atoms with Crippen LogP contribution in [0.25, 0.3) is 0 Å². The third-order valence-corrected chi connectivity index (χ3v) is 3.26. The van der Waals surface area contributed by atoms with Gasteiger partial charge in [0.15, 0.2) is 0 Å². The van der Waals surface area contributed by atoms with Gasteiger partial charge in [0.1, 0.15) is 0 Å². The van der Waals surface area contributed by atoms with Gasteiger partial charge in [-0.05, 0) is 18.4 Å². The van der Waals surface area contributed by atoms with Crippen LogP contribution in [0.1, 0.15) is 38.8 Å². The SMILES string of the molecule is CC(C)C1=CC(CC(C)c2ccn(C)n2)C=N1. The average molecular weight is 231 g/mol. The molecule has 2 unspecified atom stereocenters. The van der Waals surface area contributed by atoms with Crippen LogP contribution in [-0.2, 0) is 7.05 Å². The first kappa shape index (κ1) is 12.1. The summed E-state index contributed by atoms with van der Waals surface area (Å²) in [7, 11) is 1.96. The lowest BCUT2D eigenvalue weighted by Crippen LogP contribution is -2.04. The maximum atomic E-state index is 4.48. The molecular formula is C14H21N3. The molecule has 2 heterocycles. The van der Waals surface area contributed by atoms with Crippen LogP contribution in [0.15, 0.2) is 29.0 Å². The normalized spacial score (nSPS) is 21.0.